The van der Waals surface area contributed by atoms with Crippen LogP contribution in [0.3, 0.4) is 0 Å². The van der Waals surface area contributed by atoms with Crippen LogP contribution in [0, 0.1) is 0 Å². The van der Waals surface area contributed by atoms with Crippen molar-refractivity contribution in [2.45, 2.75) is 20.0 Å². The van der Waals surface area contributed by atoms with E-state index in [4.69, 9.17) is 4.74 Å². The summed E-state index contributed by atoms with van der Waals surface area (Å²) in [6.45, 7) is 6.04. The molecule has 0 amide bonds. The van der Waals surface area contributed by atoms with Gasteiger partial charge >= 0.3 is 0 Å². The number of likely N-dealkylation sites (N-methyl/N-ethyl adjacent to an activating group) is 1. The smallest absolute Gasteiger partial charge is 0.120 e. The van der Waals surface area contributed by atoms with E-state index in [-0.39, 0.29) is 6.10 Å². The molecule has 2 rings (SSSR count). The van der Waals surface area contributed by atoms with Crippen molar-refractivity contribution in [2.75, 3.05) is 13.1 Å². The fourth-order valence-electron chi connectivity index (χ4n) is 1.86. The number of hydrogen-bond donors (Lipinski definition) is 1. The summed E-state index contributed by atoms with van der Waals surface area (Å²) in [5, 5.41) is 5.75. The van der Waals surface area contributed by atoms with Crippen LogP contribution in [-0.2, 0) is 0 Å². The van der Waals surface area contributed by atoms with Crippen molar-refractivity contribution < 1.29 is 4.74 Å². The molecule has 2 heteroatoms. The molecule has 0 aliphatic rings. The molecule has 90 valence electrons. The molecule has 2 aromatic carbocycles. The summed E-state index contributed by atoms with van der Waals surface area (Å²) in [7, 11) is 0. The molecule has 0 heterocycles. The van der Waals surface area contributed by atoms with Crippen molar-refractivity contribution in [1.82, 2.24) is 5.32 Å². The van der Waals surface area contributed by atoms with Crippen molar-refractivity contribution in [1.29, 1.82) is 0 Å². The van der Waals surface area contributed by atoms with E-state index in [1.54, 1.807) is 0 Å². The Labute approximate surface area is 103 Å². The summed E-state index contributed by atoms with van der Waals surface area (Å²) >= 11 is 0. The van der Waals surface area contributed by atoms with E-state index in [0.717, 1.165) is 18.8 Å². The van der Waals surface area contributed by atoms with Crippen LogP contribution in [0.25, 0.3) is 10.8 Å². The third kappa shape index (κ3) is 3.21. The SMILES string of the molecule is CCNCC(C)Oc1ccc2ccccc2c1. The lowest BCUT2D eigenvalue weighted by Gasteiger charge is -2.15. The molecule has 2 aromatic rings. The Bertz CT molecular complexity index is 481. The molecule has 1 atom stereocenters. The van der Waals surface area contributed by atoms with Crippen LogP contribution in [0.4, 0.5) is 0 Å². The van der Waals surface area contributed by atoms with Crippen LogP contribution >= 0.6 is 0 Å². The highest BCUT2D eigenvalue weighted by Gasteiger charge is 2.03. The Balaban J connectivity index is 2.08. The van der Waals surface area contributed by atoms with E-state index in [9.17, 15) is 0 Å². The van der Waals surface area contributed by atoms with Crippen molar-refractivity contribution in [2.24, 2.45) is 0 Å². The van der Waals surface area contributed by atoms with Crippen LogP contribution in [0.2, 0.25) is 0 Å². The first kappa shape index (κ1) is 11.9. The van der Waals surface area contributed by atoms with E-state index in [1.165, 1.54) is 10.8 Å². The van der Waals surface area contributed by atoms with Crippen molar-refractivity contribution in [3.8, 4) is 5.75 Å². The number of benzene rings is 2. The van der Waals surface area contributed by atoms with Gasteiger partial charge < -0.3 is 10.1 Å². The zero-order chi connectivity index (χ0) is 12.1. The van der Waals surface area contributed by atoms with Crippen molar-refractivity contribution >= 4 is 10.8 Å². The molecule has 1 unspecified atom stereocenters. The summed E-state index contributed by atoms with van der Waals surface area (Å²) in [5.41, 5.74) is 0. The van der Waals surface area contributed by atoms with Gasteiger partial charge in [0.1, 0.15) is 11.9 Å². The molecule has 2 nitrogen and oxygen atoms in total. The Morgan fingerprint density at radius 2 is 1.88 bits per heavy atom. The molecule has 0 aliphatic heterocycles. The normalized spacial score (nSPS) is 12.6. The summed E-state index contributed by atoms with van der Waals surface area (Å²) in [4.78, 5) is 0. The summed E-state index contributed by atoms with van der Waals surface area (Å²) in [6, 6.07) is 14.6. The predicted octanol–water partition coefficient (Wildman–Crippen LogP) is 3.22. The highest BCUT2D eigenvalue weighted by molar-refractivity contribution is 5.83. The van der Waals surface area contributed by atoms with Gasteiger partial charge in [-0.25, -0.2) is 0 Å². The Kier molecular flexibility index (Phi) is 3.99. The van der Waals surface area contributed by atoms with E-state index in [1.807, 2.05) is 12.1 Å². The monoisotopic (exact) mass is 229 g/mol. The van der Waals surface area contributed by atoms with Gasteiger partial charge in [-0.05, 0) is 36.4 Å². The molecule has 0 aliphatic carbocycles. The molecule has 0 bridgehead atoms. The summed E-state index contributed by atoms with van der Waals surface area (Å²) in [6.07, 6.45) is 0.191. The Hall–Kier alpha value is -1.54. The second-order valence-corrected chi connectivity index (χ2v) is 4.25. The van der Waals surface area contributed by atoms with E-state index in [0.29, 0.717) is 0 Å². The summed E-state index contributed by atoms with van der Waals surface area (Å²) in [5.74, 6) is 0.939. The number of fused-ring (bicyclic) bond motifs is 1. The lowest BCUT2D eigenvalue weighted by Crippen LogP contribution is -2.28. The molecule has 0 radical (unpaired) electrons. The molecule has 0 saturated heterocycles. The molecule has 0 aromatic heterocycles. The standard InChI is InChI=1S/C15H19NO/c1-3-16-11-12(2)17-15-9-8-13-6-4-5-7-14(13)10-15/h4-10,12,16H,3,11H2,1-2H3. The zero-order valence-corrected chi connectivity index (χ0v) is 10.4. The highest BCUT2D eigenvalue weighted by atomic mass is 16.5. The lowest BCUT2D eigenvalue weighted by molar-refractivity contribution is 0.218. The largest absolute Gasteiger partial charge is 0.489 e. The minimum Gasteiger partial charge on any atom is -0.489 e. The van der Waals surface area contributed by atoms with Crippen molar-refractivity contribution in [3.63, 3.8) is 0 Å². The Morgan fingerprint density at radius 3 is 2.65 bits per heavy atom. The van der Waals surface area contributed by atoms with Crippen LogP contribution in [-0.4, -0.2) is 19.2 Å². The minimum atomic E-state index is 0.191. The van der Waals surface area contributed by atoms with Crippen LogP contribution in [0.5, 0.6) is 5.75 Å². The maximum absolute atomic E-state index is 5.86. The van der Waals surface area contributed by atoms with Crippen LogP contribution < -0.4 is 10.1 Å². The van der Waals surface area contributed by atoms with E-state index in [2.05, 4.69) is 49.5 Å². The molecular formula is C15H19NO. The second kappa shape index (κ2) is 5.69. The molecular weight excluding hydrogens is 210 g/mol. The molecule has 0 spiro atoms. The lowest BCUT2D eigenvalue weighted by atomic mass is 10.1. The van der Waals surface area contributed by atoms with Gasteiger partial charge in [-0.3, -0.25) is 0 Å². The van der Waals surface area contributed by atoms with E-state index < -0.39 is 0 Å². The van der Waals surface area contributed by atoms with Gasteiger partial charge in [0.2, 0.25) is 0 Å². The maximum atomic E-state index is 5.86. The average Bonchev–Trinajstić information content (AvgIpc) is 2.36. The molecule has 0 saturated carbocycles. The van der Waals surface area contributed by atoms with Gasteiger partial charge in [-0.2, -0.15) is 0 Å². The van der Waals surface area contributed by atoms with Gasteiger partial charge in [0.15, 0.2) is 0 Å². The van der Waals surface area contributed by atoms with Crippen LogP contribution in [0.15, 0.2) is 42.5 Å². The first-order valence-electron chi connectivity index (χ1n) is 6.16. The number of nitrogens with one attached hydrogen (secondary N) is 1. The molecule has 1 N–H and O–H groups in total. The molecule has 17 heavy (non-hydrogen) atoms. The minimum absolute atomic E-state index is 0.191. The summed E-state index contributed by atoms with van der Waals surface area (Å²) < 4.78 is 5.86. The number of hydrogen-bond acceptors (Lipinski definition) is 2. The van der Waals surface area contributed by atoms with Crippen LogP contribution in [0.1, 0.15) is 13.8 Å². The van der Waals surface area contributed by atoms with Gasteiger partial charge in [0, 0.05) is 6.54 Å². The van der Waals surface area contributed by atoms with Crippen molar-refractivity contribution in [3.05, 3.63) is 42.5 Å². The topological polar surface area (TPSA) is 21.3 Å². The first-order chi connectivity index (χ1) is 8.29. The molecule has 0 fully saturated rings. The third-order valence-electron chi connectivity index (χ3n) is 2.74. The third-order valence-corrected chi connectivity index (χ3v) is 2.74. The maximum Gasteiger partial charge on any atom is 0.120 e. The second-order valence-electron chi connectivity index (χ2n) is 4.25. The van der Waals surface area contributed by atoms with Gasteiger partial charge in [-0.15, -0.1) is 0 Å². The first-order valence-corrected chi connectivity index (χ1v) is 6.16. The number of rotatable bonds is 5. The Morgan fingerprint density at radius 1 is 1.12 bits per heavy atom. The average molecular weight is 229 g/mol. The zero-order valence-electron chi connectivity index (χ0n) is 10.4. The predicted molar refractivity (Wildman–Crippen MR) is 72.6 cm³/mol. The fourth-order valence-corrected chi connectivity index (χ4v) is 1.86. The quantitative estimate of drug-likeness (QED) is 0.850. The van der Waals surface area contributed by atoms with E-state index >= 15 is 0 Å². The number of ether oxygens (including phenoxy) is 1. The van der Waals surface area contributed by atoms with Gasteiger partial charge in [-0.1, -0.05) is 37.3 Å². The fraction of sp³-hybridized carbons (Fsp3) is 0.333. The van der Waals surface area contributed by atoms with Gasteiger partial charge in [0.25, 0.3) is 0 Å². The van der Waals surface area contributed by atoms with Gasteiger partial charge in [0.05, 0.1) is 0 Å². The highest BCUT2D eigenvalue weighted by Crippen LogP contribution is 2.21.